The van der Waals surface area contributed by atoms with Crippen molar-refractivity contribution < 1.29 is 14.3 Å². The number of amides is 1. The zero-order valence-corrected chi connectivity index (χ0v) is 20.6. The number of aromatic amines is 1. The molecule has 1 atom stereocenters. The molecule has 0 bridgehead atoms. The van der Waals surface area contributed by atoms with E-state index < -0.39 is 0 Å². The summed E-state index contributed by atoms with van der Waals surface area (Å²) in [5, 5.41) is 5.67. The quantitative estimate of drug-likeness (QED) is 0.331. The van der Waals surface area contributed by atoms with Crippen LogP contribution >= 0.6 is 0 Å². The first kappa shape index (κ1) is 23.1. The maximum Gasteiger partial charge on any atom is 0.271 e. The average Bonchev–Trinajstić information content (AvgIpc) is 3.56. The second kappa shape index (κ2) is 9.59. The van der Waals surface area contributed by atoms with Gasteiger partial charge in [0.15, 0.2) is 0 Å². The van der Waals surface area contributed by atoms with Crippen molar-refractivity contribution in [3.8, 4) is 5.75 Å². The fourth-order valence-corrected chi connectivity index (χ4v) is 5.29. The summed E-state index contributed by atoms with van der Waals surface area (Å²) in [7, 11) is 1.60. The van der Waals surface area contributed by atoms with Gasteiger partial charge in [-0.1, -0.05) is 42.5 Å². The highest BCUT2D eigenvalue weighted by molar-refractivity contribution is 6.09. The van der Waals surface area contributed by atoms with E-state index in [1.54, 1.807) is 22.6 Å². The molecule has 6 rings (SSSR count). The molecule has 3 aromatic carbocycles. The van der Waals surface area contributed by atoms with Crippen molar-refractivity contribution in [1.82, 2.24) is 19.8 Å². The minimum atomic E-state index is -0.137. The predicted molar refractivity (Wildman–Crippen MR) is 144 cm³/mol. The number of ether oxygens (including phenoxy) is 1. The molecule has 5 aromatic rings. The van der Waals surface area contributed by atoms with Gasteiger partial charge in [-0.25, -0.2) is 0 Å². The Labute approximate surface area is 214 Å². The van der Waals surface area contributed by atoms with Gasteiger partial charge in [0.2, 0.25) is 0 Å². The molecular weight excluding hydrogens is 464 g/mol. The largest absolute Gasteiger partial charge is 0.497 e. The normalized spacial score (nSPS) is 14.4. The SMILES string of the molecule is COc1ccc2c(c1)cc1n2C(=O)CN(C[C@H](Cc2ccccc2)NCc2cccc3[nH]ccc23)C1=O. The van der Waals surface area contributed by atoms with Crippen LogP contribution in [-0.2, 0) is 13.0 Å². The van der Waals surface area contributed by atoms with Gasteiger partial charge in [-0.05, 0) is 53.9 Å². The standard InChI is InChI=1S/C30H28N4O3/c1-37-24-10-11-27-22(15-24)16-28-30(36)33(19-29(35)34(27)28)18-23(14-20-6-3-2-4-7-20)32-17-21-8-5-9-26-25(21)12-13-31-26/h2-13,15-16,23,31-32H,14,17-19H2,1H3/t23-/m0/s1. The molecule has 7 nitrogen and oxygen atoms in total. The lowest BCUT2D eigenvalue weighted by Gasteiger charge is -2.31. The summed E-state index contributed by atoms with van der Waals surface area (Å²) in [5.74, 6) is 0.449. The zero-order chi connectivity index (χ0) is 25.4. The Balaban J connectivity index is 1.27. The third-order valence-electron chi connectivity index (χ3n) is 7.12. The van der Waals surface area contributed by atoms with Crippen LogP contribution in [0.25, 0.3) is 21.8 Å². The highest BCUT2D eigenvalue weighted by atomic mass is 16.5. The molecular formula is C30H28N4O3. The molecule has 2 aromatic heterocycles. The van der Waals surface area contributed by atoms with Gasteiger partial charge < -0.3 is 19.9 Å². The van der Waals surface area contributed by atoms with Gasteiger partial charge in [-0.15, -0.1) is 0 Å². The summed E-state index contributed by atoms with van der Waals surface area (Å²) < 4.78 is 6.87. The fraction of sp³-hybridized carbons (Fsp3) is 0.200. The molecule has 0 aliphatic carbocycles. The summed E-state index contributed by atoms with van der Waals surface area (Å²) in [6, 6.07) is 25.8. The maximum atomic E-state index is 13.6. The molecule has 37 heavy (non-hydrogen) atoms. The van der Waals surface area contributed by atoms with Crippen molar-refractivity contribution in [3.05, 3.63) is 102 Å². The molecule has 1 aliphatic rings. The van der Waals surface area contributed by atoms with Gasteiger partial charge in [0.25, 0.3) is 11.8 Å². The van der Waals surface area contributed by atoms with Crippen LogP contribution in [-0.4, -0.2) is 52.5 Å². The van der Waals surface area contributed by atoms with Crippen LogP contribution in [0, 0.1) is 0 Å². The second-order valence-electron chi connectivity index (χ2n) is 9.49. The molecule has 3 heterocycles. The number of nitrogens with one attached hydrogen (secondary N) is 2. The number of rotatable bonds is 8. The Morgan fingerprint density at radius 1 is 1.00 bits per heavy atom. The number of aromatic nitrogens is 2. The number of hydrogen-bond acceptors (Lipinski definition) is 4. The third-order valence-corrected chi connectivity index (χ3v) is 7.12. The Kier molecular flexibility index (Phi) is 5.98. The Bertz CT molecular complexity index is 1600. The monoisotopic (exact) mass is 492 g/mol. The lowest BCUT2D eigenvalue weighted by atomic mass is 10.0. The van der Waals surface area contributed by atoms with E-state index >= 15 is 0 Å². The van der Waals surface area contributed by atoms with Crippen LogP contribution in [0.3, 0.4) is 0 Å². The molecule has 0 unspecified atom stereocenters. The molecule has 0 saturated carbocycles. The van der Waals surface area contributed by atoms with Crippen molar-refractivity contribution >= 4 is 33.6 Å². The molecule has 0 fully saturated rings. The number of nitrogens with zero attached hydrogens (tertiary/aromatic N) is 2. The van der Waals surface area contributed by atoms with Crippen LogP contribution in [0.5, 0.6) is 5.75 Å². The van der Waals surface area contributed by atoms with Crippen LogP contribution in [0.4, 0.5) is 0 Å². The van der Waals surface area contributed by atoms with E-state index in [0.717, 1.165) is 22.8 Å². The number of carbonyl (C=O) groups is 2. The van der Waals surface area contributed by atoms with E-state index in [1.165, 1.54) is 16.5 Å². The van der Waals surface area contributed by atoms with Crippen LogP contribution < -0.4 is 10.1 Å². The van der Waals surface area contributed by atoms with Gasteiger partial charge in [0.1, 0.15) is 18.0 Å². The van der Waals surface area contributed by atoms with Gasteiger partial charge in [0.05, 0.1) is 12.6 Å². The van der Waals surface area contributed by atoms with Gasteiger partial charge >= 0.3 is 0 Å². The van der Waals surface area contributed by atoms with E-state index in [4.69, 9.17) is 4.74 Å². The molecule has 0 saturated heterocycles. The van der Waals surface area contributed by atoms with E-state index in [9.17, 15) is 9.59 Å². The third kappa shape index (κ3) is 4.38. The number of carbonyl (C=O) groups excluding carboxylic acids is 2. The highest BCUT2D eigenvalue weighted by Gasteiger charge is 2.33. The van der Waals surface area contributed by atoms with E-state index in [2.05, 4.69) is 40.6 Å². The number of methoxy groups -OCH3 is 1. The lowest BCUT2D eigenvalue weighted by molar-refractivity contribution is 0.0608. The first-order chi connectivity index (χ1) is 18.1. The maximum absolute atomic E-state index is 13.6. The Morgan fingerprint density at radius 2 is 1.86 bits per heavy atom. The number of fused-ring (bicyclic) bond motifs is 4. The summed E-state index contributed by atoms with van der Waals surface area (Å²) in [4.78, 5) is 31.7. The Hall–Kier alpha value is -4.36. The second-order valence-corrected chi connectivity index (χ2v) is 9.49. The van der Waals surface area contributed by atoms with Crippen LogP contribution in [0.1, 0.15) is 26.4 Å². The van der Waals surface area contributed by atoms with Crippen molar-refractivity contribution in [2.45, 2.75) is 19.0 Å². The molecule has 0 radical (unpaired) electrons. The van der Waals surface area contributed by atoms with E-state index in [1.807, 2.05) is 48.7 Å². The minimum Gasteiger partial charge on any atom is -0.497 e. The topological polar surface area (TPSA) is 79.4 Å². The molecule has 0 spiro atoms. The van der Waals surface area contributed by atoms with Gasteiger partial charge in [-0.2, -0.15) is 0 Å². The first-order valence-corrected chi connectivity index (χ1v) is 12.4. The summed E-state index contributed by atoms with van der Waals surface area (Å²) >= 11 is 0. The van der Waals surface area contributed by atoms with E-state index in [0.29, 0.717) is 24.5 Å². The summed E-state index contributed by atoms with van der Waals surface area (Å²) in [5.41, 5.74) is 4.59. The number of benzene rings is 3. The lowest BCUT2D eigenvalue weighted by Crippen LogP contribution is -2.50. The fourth-order valence-electron chi connectivity index (χ4n) is 5.29. The zero-order valence-electron chi connectivity index (χ0n) is 20.6. The number of H-pyrrole nitrogens is 1. The van der Waals surface area contributed by atoms with Crippen LogP contribution in [0.2, 0.25) is 0 Å². The van der Waals surface area contributed by atoms with E-state index in [-0.39, 0.29) is 24.4 Å². The number of hydrogen-bond donors (Lipinski definition) is 2. The smallest absolute Gasteiger partial charge is 0.271 e. The molecule has 186 valence electrons. The molecule has 1 aliphatic heterocycles. The van der Waals surface area contributed by atoms with Gasteiger partial charge in [-0.3, -0.25) is 14.2 Å². The van der Waals surface area contributed by atoms with Crippen LogP contribution in [0.15, 0.2) is 85.1 Å². The average molecular weight is 493 g/mol. The van der Waals surface area contributed by atoms with Crippen molar-refractivity contribution in [2.24, 2.45) is 0 Å². The predicted octanol–water partition coefficient (Wildman–Crippen LogP) is 4.63. The minimum absolute atomic E-state index is 0.0376. The van der Waals surface area contributed by atoms with Crippen molar-refractivity contribution in [3.63, 3.8) is 0 Å². The molecule has 2 N–H and O–H groups in total. The first-order valence-electron chi connectivity index (χ1n) is 12.4. The summed E-state index contributed by atoms with van der Waals surface area (Å²) in [6.07, 6.45) is 2.68. The van der Waals surface area contributed by atoms with Gasteiger partial charge in [0, 0.05) is 41.6 Å². The van der Waals surface area contributed by atoms with Crippen molar-refractivity contribution in [1.29, 1.82) is 0 Å². The highest BCUT2D eigenvalue weighted by Crippen LogP contribution is 2.28. The Morgan fingerprint density at radius 3 is 2.70 bits per heavy atom. The molecule has 7 heteroatoms. The summed E-state index contributed by atoms with van der Waals surface area (Å²) in [6.45, 7) is 1.12. The molecule has 1 amide bonds. The van der Waals surface area contributed by atoms with Crippen molar-refractivity contribution in [2.75, 3.05) is 20.2 Å².